The van der Waals surface area contributed by atoms with Gasteiger partial charge in [-0.2, -0.15) is 18.3 Å². The van der Waals surface area contributed by atoms with Crippen molar-refractivity contribution in [3.63, 3.8) is 0 Å². The minimum Gasteiger partial charge on any atom is -0.486 e. The number of alkyl halides is 3. The SMILES string of the molecule is O=C(Nc1cnn(CC(F)(F)F)c1)c1ccc(COc2c(Cl)cccc2Cl)cc1. The number of halogens is 5. The van der Waals surface area contributed by atoms with Crippen LogP contribution in [0.2, 0.25) is 10.0 Å². The Morgan fingerprint density at radius 3 is 2.38 bits per heavy atom. The van der Waals surface area contributed by atoms with Crippen molar-refractivity contribution in [2.75, 3.05) is 5.32 Å². The summed E-state index contributed by atoms with van der Waals surface area (Å²) in [6.07, 6.45) is -2.13. The number of carbonyl (C=O) groups excluding carboxylic acids is 1. The Hall–Kier alpha value is -2.71. The van der Waals surface area contributed by atoms with Crippen molar-refractivity contribution in [1.82, 2.24) is 9.78 Å². The molecule has 1 aromatic heterocycles. The fraction of sp³-hybridized carbons (Fsp3) is 0.158. The Bertz CT molecular complexity index is 984. The first-order valence-corrected chi connectivity index (χ1v) is 9.03. The third kappa shape index (κ3) is 5.88. The quantitative estimate of drug-likeness (QED) is 0.540. The molecular weight excluding hydrogens is 430 g/mol. The van der Waals surface area contributed by atoms with Crippen molar-refractivity contribution >= 4 is 34.8 Å². The molecule has 3 rings (SSSR count). The van der Waals surface area contributed by atoms with Crippen molar-refractivity contribution in [1.29, 1.82) is 0 Å². The number of hydrogen-bond acceptors (Lipinski definition) is 3. The van der Waals surface area contributed by atoms with E-state index in [1.54, 1.807) is 42.5 Å². The molecule has 1 heterocycles. The van der Waals surface area contributed by atoms with Crippen LogP contribution in [0.3, 0.4) is 0 Å². The van der Waals surface area contributed by atoms with E-state index in [2.05, 4.69) is 10.4 Å². The Morgan fingerprint density at radius 2 is 1.76 bits per heavy atom. The second-order valence-electron chi connectivity index (χ2n) is 6.03. The van der Waals surface area contributed by atoms with E-state index in [1.807, 2.05) is 0 Å². The zero-order chi connectivity index (χ0) is 21.0. The van der Waals surface area contributed by atoms with Crippen molar-refractivity contribution in [2.45, 2.75) is 19.3 Å². The van der Waals surface area contributed by atoms with Gasteiger partial charge in [0.05, 0.1) is 21.9 Å². The van der Waals surface area contributed by atoms with E-state index >= 15 is 0 Å². The van der Waals surface area contributed by atoms with Crippen LogP contribution in [0.25, 0.3) is 0 Å². The number of hydrogen-bond donors (Lipinski definition) is 1. The standard InChI is InChI=1S/C19H14Cl2F3N3O2/c20-15-2-1-3-16(21)17(15)29-10-12-4-6-13(7-5-12)18(28)26-14-8-25-27(9-14)11-19(22,23)24/h1-9H,10-11H2,(H,26,28). The summed E-state index contributed by atoms with van der Waals surface area (Å²) in [5.41, 5.74) is 1.27. The maximum Gasteiger partial charge on any atom is 0.408 e. The first-order chi connectivity index (χ1) is 13.7. The van der Waals surface area contributed by atoms with Gasteiger partial charge in [0.2, 0.25) is 0 Å². The molecule has 0 atom stereocenters. The van der Waals surface area contributed by atoms with Crippen LogP contribution in [-0.4, -0.2) is 21.9 Å². The van der Waals surface area contributed by atoms with E-state index in [9.17, 15) is 18.0 Å². The number of carbonyl (C=O) groups is 1. The van der Waals surface area contributed by atoms with Crippen LogP contribution in [-0.2, 0) is 13.2 Å². The highest BCUT2D eigenvalue weighted by Crippen LogP contribution is 2.32. The molecule has 1 amide bonds. The molecule has 0 fully saturated rings. The van der Waals surface area contributed by atoms with E-state index in [4.69, 9.17) is 27.9 Å². The Balaban J connectivity index is 1.59. The summed E-state index contributed by atoms with van der Waals surface area (Å²) in [6, 6.07) is 11.5. The molecule has 0 saturated heterocycles. The number of anilines is 1. The summed E-state index contributed by atoms with van der Waals surface area (Å²) < 4.78 is 43.4. The topological polar surface area (TPSA) is 56.2 Å². The first kappa shape index (κ1) is 21.0. The van der Waals surface area contributed by atoms with E-state index in [0.717, 1.165) is 18.0 Å². The normalized spacial score (nSPS) is 11.3. The summed E-state index contributed by atoms with van der Waals surface area (Å²) in [5.74, 6) is -0.105. The summed E-state index contributed by atoms with van der Waals surface area (Å²) in [5, 5.41) is 6.85. The van der Waals surface area contributed by atoms with E-state index in [0.29, 0.717) is 26.0 Å². The number of aromatic nitrogens is 2. The van der Waals surface area contributed by atoms with Crippen LogP contribution in [0.4, 0.5) is 18.9 Å². The number of nitrogens with zero attached hydrogens (tertiary/aromatic N) is 2. The van der Waals surface area contributed by atoms with Crippen LogP contribution in [0, 0.1) is 0 Å². The van der Waals surface area contributed by atoms with Gasteiger partial charge in [-0.15, -0.1) is 0 Å². The van der Waals surface area contributed by atoms with Gasteiger partial charge >= 0.3 is 6.18 Å². The van der Waals surface area contributed by atoms with Gasteiger partial charge in [-0.3, -0.25) is 9.48 Å². The molecule has 0 spiro atoms. The second-order valence-corrected chi connectivity index (χ2v) is 6.85. The van der Waals surface area contributed by atoms with Crippen LogP contribution in [0.15, 0.2) is 54.9 Å². The number of rotatable bonds is 6. The van der Waals surface area contributed by atoms with Gasteiger partial charge in [0.25, 0.3) is 5.91 Å². The van der Waals surface area contributed by atoms with Crippen molar-refractivity contribution in [2.24, 2.45) is 0 Å². The Labute approximate surface area is 174 Å². The van der Waals surface area contributed by atoms with Crippen LogP contribution in [0.5, 0.6) is 5.75 Å². The Morgan fingerprint density at radius 1 is 1.10 bits per heavy atom. The highest BCUT2D eigenvalue weighted by molar-refractivity contribution is 6.37. The Kier molecular flexibility index (Phi) is 6.34. The minimum atomic E-state index is -4.39. The number of nitrogens with one attached hydrogen (secondary N) is 1. The minimum absolute atomic E-state index is 0.167. The van der Waals surface area contributed by atoms with Crippen LogP contribution >= 0.6 is 23.2 Å². The van der Waals surface area contributed by atoms with Crippen molar-refractivity contribution < 1.29 is 22.7 Å². The molecule has 29 heavy (non-hydrogen) atoms. The molecule has 3 aromatic rings. The average Bonchev–Trinajstić information content (AvgIpc) is 3.06. The molecular formula is C19H14Cl2F3N3O2. The highest BCUT2D eigenvalue weighted by Gasteiger charge is 2.28. The lowest BCUT2D eigenvalue weighted by Crippen LogP contribution is -2.18. The van der Waals surface area contributed by atoms with Gasteiger partial charge in [0, 0.05) is 11.8 Å². The van der Waals surface area contributed by atoms with E-state index in [-0.39, 0.29) is 12.3 Å². The summed E-state index contributed by atoms with van der Waals surface area (Å²) in [6.45, 7) is -1.04. The summed E-state index contributed by atoms with van der Waals surface area (Å²) in [7, 11) is 0. The zero-order valence-corrected chi connectivity index (χ0v) is 16.2. The summed E-state index contributed by atoms with van der Waals surface area (Å²) >= 11 is 12.1. The molecule has 0 radical (unpaired) electrons. The predicted molar refractivity (Wildman–Crippen MR) is 103 cm³/mol. The molecule has 1 N–H and O–H groups in total. The molecule has 2 aromatic carbocycles. The monoisotopic (exact) mass is 443 g/mol. The lowest BCUT2D eigenvalue weighted by molar-refractivity contribution is -0.142. The number of amides is 1. The van der Waals surface area contributed by atoms with Gasteiger partial charge < -0.3 is 10.1 Å². The second kappa shape index (κ2) is 8.75. The first-order valence-electron chi connectivity index (χ1n) is 8.27. The fourth-order valence-electron chi connectivity index (χ4n) is 2.43. The molecule has 0 saturated carbocycles. The third-order valence-corrected chi connectivity index (χ3v) is 4.35. The lowest BCUT2D eigenvalue weighted by Gasteiger charge is -2.10. The van der Waals surface area contributed by atoms with Crippen molar-refractivity contribution in [3.8, 4) is 5.75 Å². The van der Waals surface area contributed by atoms with Crippen LogP contribution < -0.4 is 10.1 Å². The van der Waals surface area contributed by atoms with Gasteiger partial charge in [-0.05, 0) is 29.8 Å². The predicted octanol–water partition coefficient (Wildman–Crippen LogP) is 5.58. The van der Waals surface area contributed by atoms with Gasteiger partial charge in [-0.1, -0.05) is 41.4 Å². The number of para-hydroxylation sites is 1. The molecule has 0 unspecified atom stereocenters. The summed E-state index contributed by atoms with van der Waals surface area (Å²) in [4.78, 5) is 12.3. The maximum absolute atomic E-state index is 12.4. The number of ether oxygens (including phenoxy) is 1. The van der Waals surface area contributed by atoms with Gasteiger partial charge in [0.1, 0.15) is 13.2 Å². The molecule has 0 aliphatic heterocycles. The smallest absolute Gasteiger partial charge is 0.408 e. The molecule has 5 nitrogen and oxygen atoms in total. The zero-order valence-electron chi connectivity index (χ0n) is 14.7. The van der Waals surface area contributed by atoms with Gasteiger partial charge in [0.15, 0.2) is 5.75 Å². The van der Waals surface area contributed by atoms with Crippen molar-refractivity contribution in [3.05, 3.63) is 76.0 Å². The molecule has 0 aliphatic rings. The fourth-order valence-corrected chi connectivity index (χ4v) is 2.94. The van der Waals surface area contributed by atoms with E-state index in [1.165, 1.54) is 0 Å². The van der Waals surface area contributed by atoms with Crippen LogP contribution in [0.1, 0.15) is 15.9 Å². The average molecular weight is 444 g/mol. The molecule has 152 valence electrons. The molecule has 0 aliphatic carbocycles. The number of benzene rings is 2. The molecule has 10 heteroatoms. The van der Waals surface area contributed by atoms with E-state index < -0.39 is 18.6 Å². The largest absolute Gasteiger partial charge is 0.486 e. The lowest BCUT2D eigenvalue weighted by atomic mass is 10.1. The highest BCUT2D eigenvalue weighted by atomic mass is 35.5. The maximum atomic E-state index is 12.4. The van der Waals surface area contributed by atoms with Gasteiger partial charge in [-0.25, -0.2) is 0 Å². The third-order valence-electron chi connectivity index (χ3n) is 3.75. The molecule has 0 bridgehead atoms.